The minimum Gasteiger partial charge on any atom is -0.450 e. The average molecular weight is 233 g/mol. The van der Waals surface area contributed by atoms with Crippen molar-refractivity contribution in [3.05, 3.63) is 33.7 Å². The second-order valence-corrected chi connectivity index (χ2v) is 4.96. The lowest BCUT2D eigenvalue weighted by Gasteiger charge is -2.32. The average Bonchev–Trinajstić information content (AvgIpc) is 2.58. The molecule has 0 unspecified atom stereocenters. The topological polar surface area (TPSA) is 48.3 Å². The molecular weight excluding hydrogens is 218 g/mol. The van der Waals surface area contributed by atoms with Crippen LogP contribution in [0, 0.1) is 0 Å². The zero-order valence-electron chi connectivity index (χ0n) is 9.86. The van der Waals surface area contributed by atoms with Crippen LogP contribution < -0.4 is 5.56 Å². The smallest absolute Gasteiger partial charge is 0.345 e. The number of nitrogens with zero attached hydrogens (tertiary/aromatic N) is 1. The van der Waals surface area contributed by atoms with Gasteiger partial charge in [0.25, 0.3) is 5.56 Å². The molecule has 2 aliphatic rings. The van der Waals surface area contributed by atoms with Crippen LogP contribution in [0.25, 0.3) is 0 Å². The standard InChI is InChI=1S/C13H15NO3/c1-14-8-5-9-10(11(14)15)12(16)17-13(9)6-3-2-4-7-13/h5,8H,2-4,6-7H2,1H3. The van der Waals surface area contributed by atoms with Gasteiger partial charge in [0.1, 0.15) is 11.2 Å². The molecule has 0 bridgehead atoms. The van der Waals surface area contributed by atoms with E-state index in [1.807, 2.05) is 6.07 Å². The molecule has 0 saturated heterocycles. The molecule has 0 atom stereocenters. The summed E-state index contributed by atoms with van der Waals surface area (Å²) in [4.78, 5) is 23.8. The van der Waals surface area contributed by atoms with Gasteiger partial charge in [-0.1, -0.05) is 6.42 Å². The van der Waals surface area contributed by atoms with E-state index in [2.05, 4.69) is 0 Å². The third-order valence-corrected chi connectivity index (χ3v) is 3.91. The summed E-state index contributed by atoms with van der Waals surface area (Å²) in [6.07, 6.45) is 6.71. The van der Waals surface area contributed by atoms with Crippen LogP contribution >= 0.6 is 0 Å². The third-order valence-electron chi connectivity index (χ3n) is 3.91. The van der Waals surface area contributed by atoms with Gasteiger partial charge in [-0.2, -0.15) is 0 Å². The summed E-state index contributed by atoms with van der Waals surface area (Å²) in [5.74, 6) is -0.442. The van der Waals surface area contributed by atoms with Crippen LogP contribution in [0.15, 0.2) is 17.1 Å². The quantitative estimate of drug-likeness (QED) is 0.641. The lowest BCUT2D eigenvalue weighted by molar-refractivity contribution is -0.0280. The lowest BCUT2D eigenvalue weighted by atomic mass is 9.80. The molecule has 0 amide bonds. The van der Waals surface area contributed by atoms with Gasteiger partial charge < -0.3 is 9.30 Å². The van der Waals surface area contributed by atoms with E-state index in [4.69, 9.17) is 4.74 Å². The molecule has 90 valence electrons. The van der Waals surface area contributed by atoms with Crippen LogP contribution in [0.4, 0.5) is 0 Å². The second-order valence-electron chi connectivity index (χ2n) is 4.96. The van der Waals surface area contributed by atoms with Crippen LogP contribution in [0.1, 0.15) is 48.0 Å². The Bertz CT molecular complexity index is 538. The Kier molecular flexibility index (Phi) is 2.15. The molecule has 1 aliphatic carbocycles. The Balaban J connectivity index is 2.20. The summed E-state index contributed by atoms with van der Waals surface area (Å²) >= 11 is 0. The van der Waals surface area contributed by atoms with Crippen molar-refractivity contribution in [1.82, 2.24) is 4.57 Å². The summed E-state index contributed by atoms with van der Waals surface area (Å²) in [6.45, 7) is 0. The molecule has 1 aromatic heterocycles. The lowest BCUT2D eigenvalue weighted by Crippen LogP contribution is -2.29. The van der Waals surface area contributed by atoms with Gasteiger partial charge in [0.15, 0.2) is 0 Å². The fourth-order valence-corrected chi connectivity index (χ4v) is 2.98. The number of ether oxygens (including phenoxy) is 1. The van der Waals surface area contributed by atoms with E-state index in [1.54, 1.807) is 13.2 Å². The molecule has 3 rings (SSSR count). The van der Waals surface area contributed by atoms with Gasteiger partial charge in [0.2, 0.25) is 0 Å². The van der Waals surface area contributed by atoms with E-state index in [0.29, 0.717) is 0 Å². The minimum atomic E-state index is -0.502. The van der Waals surface area contributed by atoms with Crippen molar-refractivity contribution < 1.29 is 9.53 Å². The highest BCUT2D eigenvalue weighted by molar-refractivity contribution is 5.94. The Morgan fingerprint density at radius 2 is 1.94 bits per heavy atom. The molecule has 1 saturated carbocycles. The number of pyridine rings is 1. The van der Waals surface area contributed by atoms with E-state index in [0.717, 1.165) is 31.2 Å². The van der Waals surface area contributed by atoms with Crippen molar-refractivity contribution in [3.63, 3.8) is 0 Å². The third kappa shape index (κ3) is 1.36. The normalized spacial score (nSPS) is 21.4. The number of hydrogen-bond acceptors (Lipinski definition) is 3. The van der Waals surface area contributed by atoms with Crippen LogP contribution in [0.5, 0.6) is 0 Å². The Morgan fingerprint density at radius 3 is 2.65 bits per heavy atom. The first kappa shape index (κ1) is 10.6. The summed E-state index contributed by atoms with van der Waals surface area (Å²) < 4.78 is 6.98. The maximum Gasteiger partial charge on any atom is 0.345 e. The SMILES string of the molecule is Cn1ccc2c(c1=O)C(=O)OC21CCCCC1. The van der Waals surface area contributed by atoms with Crippen LogP contribution in [-0.2, 0) is 17.4 Å². The van der Waals surface area contributed by atoms with Crippen LogP contribution in [-0.4, -0.2) is 10.5 Å². The predicted molar refractivity (Wildman–Crippen MR) is 61.9 cm³/mol. The van der Waals surface area contributed by atoms with Crippen molar-refractivity contribution in [3.8, 4) is 0 Å². The largest absolute Gasteiger partial charge is 0.450 e. The summed E-state index contributed by atoms with van der Waals surface area (Å²) in [5, 5.41) is 0. The molecule has 1 aliphatic heterocycles. The van der Waals surface area contributed by atoms with E-state index in [9.17, 15) is 9.59 Å². The van der Waals surface area contributed by atoms with Crippen molar-refractivity contribution in [2.24, 2.45) is 7.05 Å². The molecule has 0 N–H and O–H groups in total. The van der Waals surface area contributed by atoms with E-state index in [-0.39, 0.29) is 11.1 Å². The first-order valence-electron chi connectivity index (χ1n) is 6.07. The molecule has 4 heteroatoms. The Labute approximate surface area is 99.2 Å². The molecule has 1 aromatic rings. The molecule has 0 aromatic carbocycles. The monoisotopic (exact) mass is 233 g/mol. The number of carbonyl (C=O) groups is 1. The minimum absolute atomic E-state index is 0.241. The van der Waals surface area contributed by atoms with Crippen LogP contribution in [0.3, 0.4) is 0 Å². The van der Waals surface area contributed by atoms with Gasteiger partial charge in [0.05, 0.1) is 0 Å². The zero-order valence-corrected chi connectivity index (χ0v) is 9.86. The molecule has 1 spiro atoms. The number of fused-ring (bicyclic) bond motifs is 2. The molecule has 17 heavy (non-hydrogen) atoms. The van der Waals surface area contributed by atoms with E-state index >= 15 is 0 Å². The van der Waals surface area contributed by atoms with Gasteiger partial charge in [-0.3, -0.25) is 4.79 Å². The van der Waals surface area contributed by atoms with Gasteiger partial charge in [-0.15, -0.1) is 0 Å². The number of hydrogen-bond donors (Lipinski definition) is 0. The molecule has 2 heterocycles. The van der Waals surface area contributed by atoms with Crippen molar-refractivity contribution in [2.45, 2.75) is 37.7 Å². The fourth-order valence-electron chi connectivity index (χ4n) is 2.98. The number of aryl methyl sites for hydroxylation is 1. The van der Waals surface area contributed by atoms with Crippen molar-refractivity contribution in [1.29, 1.82) is 0 Å². The number of esters is 1. The van der Waals surface area contributed by atoms with Gasteiger partial charge in [-0.05, 0) is 31.7 Å². The van der Waals surface area contributed by atoms with E-state index < -0.39 is 11.6 Å². The van der Waals surface area contributed by atoms with Crippen LogP contribution in [0.2, 0.25) is 0 Å². The number of rotatable bonds is 0. The van der Waals surface area contributed by atoms with Gasteiger partial charge >= 0.3 is 5.97 Å². The summed E-state index contributed by atoms with van der Waals surface area (Å²) in [5.41, 5.74) is 0.315. The van der Waals surface area contributed by atoms with E-state index in [1.165, 1.54) is 11.0 Å². The Hall–Kier alpha value is -1.58. The molecular formula is C13H15NO3. The highest BCUT2D eigenvalue weighted by atomic mass is 16.6. The summed E-state index contributed by atoms with van der Waals surface area (Å²) in [7, 11) is 1.65. The first-order chi connectivity index (χ1) is 8.14. The maximum absolute atomic E-state index is 12.0. The number of aromatic nitrogens is 1. The highest BCUT2D eigenvalue weighted by Crippen LogP contribution is 2.45. The first-order valence-corrected chi connectivity index (χ1v) is 6.07. The van der Waals surface area contributed by atoms with Gasteiger partial charge in [-0.25, -0.2) is 4.79 Å². The summed E-state index contributed by atoms with van der Waals surface area (Å²) in [6, 6.07) is 1.87. The fraction of sp³-hybridized carbons (Fsp3) is 0.538. The van der Waals surface area contributed by atoms with Crippen molar-refractivity contribution >= 4 is 5.97 Å². The molecule has 0 radical (unpaired) electrons. The van der Waals surface area contributed by atoms with Gasteiger partial charge in [0, 0.05) is 18.8 Å². The number of carbonyl (C=O) groups excluding carboxylic acids is 1. The zero-order chi connectivity index (χ0) is 12.0. The Morgan fingerprint density at radius 1 is 1.24 bits per heavy atom. The maximum atomic E-state index is 12.0. The predicted octanol–water partition coefficient (Wildman–Crippen LogP) is 1.72. The molecule has 4 nitrogen and oxygen atoms in total. The second kappa shape index (κ2) is 3.45. The highest BCUT2D eigenvalue weighted by Gasteiger charge is 2.47. The van der Waals surface area contributed by atoms with Crippen molar-refractivity contribution in [2.75, 3.05) is 0 Å². The molecule has 1 fully saturated rings.